The van der Waals surface area contributed by atoms with Gasteiger partial charge in [0.05, 0.1) is 19.8 Å². The van der Waals surface area contributed by atoms with Gasteiger partial charge >= 0.3 is 0 Å². The smallest absolute Gasteiger partial charge is 0.146 e. The fourth-order valence-electron chi connectivity index (χ4n) is 1.04. The number of ether oxygens (including phenoxy) is 2. The Morgan fingerprint density at radius 1 is 1.20 bits per heavy atom. The largest absolute Gasteiger partial charge is 0.506 e. The number of hydrogen-bond acceptors (Lipinski definition) is 5. The third-order valence-corrected chi connectivity index (χ3v) is 1.76. The van der Waals surface area contributed by atoms with Gasteiger partial charge in [0, 0.05) is 0 Å². The fourth-order valence-corrected chi connectivity index (χ4v) is 1.04. The molecule has 84 valence electrons. The molecule has 0 heterocycles. The van der Waals surface area contributed by atoms with E-state index in [9.17, 15) is 5.11 Å². The van der Waals surface area contributed by atoms with Crippen LogP contribution in [0.25, 0.3) is 0 Å². The van der Waals surface area contributed by atoms with E-state index in [0.717, 1.165) is 0 Å². The third-order valence-electron chi connectivity index (χ3n) is 1.76. The number of nitrogens with two attached hydrogens (primary N) is 1. The molecule has 0 aromatic heterocycles. The summed E-state index contributed by atoms with van der Waals surface area (Å²) in [5, 5.41) is 17.7. The molecule has 0 aliphatic rings. The molecule has 5 nitrogen and oxygen atoms in total. The first kappa shape index (κ1) is 11.6. The molecule has 0 unspecified atom stereocenters. The van der Waals surface area contributed by atoms with E-state index < -0.39 is 0 Å². The Hall–Kier alpha value is -1.46. The molecule has 0 saturated heterocycles. The number of aliphatic hydroxyl groups excluding tert-OH is 1. The molecule has 1 aromatic carbocycles. The number of hydrogen-bond donors (Lipinski definition) is 3. The highest BCUT2D eigenvalue weighted by molar-refractivity contribution is 5.61. The Kier molecular flexibility index (Phi) is 4.73. The summed E-state index contributed by atoms with van der Waals surface area (Å²) in [7, 11) is 0. The fraction of sp³-hybridized carbons (Fsp3) is 0.400. The van der Waals surface area contributed by atoms with Crippen LogP contribution in [0.4, 0.5) is 5.69 Å². The Morgan fingerprint density at radius 3 is 2.73 bits per heavy atom. The van der Waals surface area contributed by atoms with E-state index in [-0.39, 0.29) is 18.0 Å². The molecule has 5 heteroatoms. The molecular weight excluding hydrogens is 198 g/mol. The van der Waals surface area contributed by atoms with Gasteiger partial charge in [-0.1, -0.05) is 6.07 Å². The number of rotatable bonds is 6. The third kappa shape index (κ3) is 3.65. The SMILES string of the molecule is Nc1c(O)cccc1OCCOCCO. The van der Waals surface area contributed by atoms with Crippen molar-refractivity contribution < 1.29 is 19.7 Å². The van der Waals surface area contributed by atoms with Crippen molar-refractivity contribution in [2.75, 3.05) is 32.2 Å². The maximum atomic E-state index is 9.27. The average molecular weight is 213 g/mol. The van der Waals surface area contributed by atoms with Crippen LogP contribution in [0, 0.1) is 0 Å². The first-order valence-electron chi connectivity index (χ1n) is 4.64. The van der Waals surface area contributed by atoms with Gasteiger partial charge in [-0.2, -0.15) is 0 Å². The van der Waals surface area contributed by atoms with Crippen LogP contribution in [-0.4, -0.2) is 36.6 Å². The molecule has 1 aromatic rings. The van der Waals surface area contributed by atoms with Crippen LogP contribution in [0.5, 0.6) is 11.5 Å². The van der Waals surface area contributed by atoms with Crippen LogP contribution in [0.3, 0.4) is 0 Å². The first-order chi connectivity index (χ1) is 7.25. The summed E-state index contributed by atoms with van der Waals surface area (Å²) in [5.74, 6) is 0.436. The molecule has 0 aliphatic heterocycles. The number of benzene rings is 1. The summed E-state index contributed by atoms with van der Waals surface area (Å²) >= 11 is 0. The van der Waals surface area contributed by atoms with Crippen molar-refractivity contribution in [2.24, 2.45) is 0 Å². The number of aliphatic hydroxyl groups is 1. The lowest BCUT2D eigenvalue weighted by atomic mass is 10.3. The second-order valence-electron chi connectivity index (χ2n) is 2.87. The predicted molar refractivity (Wildman–Crippen MR) is 55.9 cm³/mol. The van der Waals surface area contributed by atoms with Crippen molar-refractivity contribution >= 4 is 5.69 Å². The maximum absolute atomic E-state index is 9.27. The van der Waals surface area contributed by atoms with E-state index in [1.165, 1.54) is 6.07 Å². The summed E-state index contributed by atoms with van der Waals surface area (Å²) in [4.78, 5) is 0. The lowest BCUT2D eigenvalue weighted by molar-refractivity contribution is 0.0706. The minimum absolute atomic E-state index is 0.00350. The van der Waals surface area contributed by atoms with Crippen molar-refractivity contribution in [1.82, 2.24) is 0 Å². The highest BCUT2D eigenvalue weighted by Crippen LogP contribution is 2.29. The number of anilines is 1. The molecule has 0 spiro atoms. The number of nitrogen functional groups attached to an aromatic ring is 1. The highest BCUT2D eigenvalue weighted by Gasteiger charge is 2.03. The van der Waals surface area contributed by atoms with Gasteiger partial charge in [0.1, 0.15) is 23.8 Å². The van der Waals surface area contributed by atoms with E-state index in [0.29, 0.717) is 25.6 Å². The summed E-state index contributed by atoms with van der Waals surface area (Å²) in [6.45, 7) is 0.983. The Morgan fingerprint density at radius 2 is 2.00 bits per heavy atom. The van der Waals surface area contributed by atoms with E-state index in [1.54, 1.807) is 12.1 Å². The van der Waals surface area contributed by atoms with Crippen LogP contribution in [0.2, 0.25) is 0 Å². The van der Waals surface area contributed by atoms with Gasteiger partial charge in [0.2, 0.25) is 0 Å². The molecule has 0 aliphatic carbocycles. The first-order valence-corrected chi connectivity index (χ1v) is 4.64. The average Bonchev–Trinajstić information content (AvgIpc) is 2.24. The summed E-state index contributed by atoms with van der Waals surface area (Å²) in [6.07, 6.45) is 0. The molecule has 0 atom stereocenters. The summed E-state index contributed by atoms with van der Waals surface area (Å²) in [6, 6.07) is 4.81. The van der Waals surface area contributed by atoms with E-state index in [2.05, 4.69) is 0 Å². The van der Waals surface area contributed by atoms with Gasteiger partial charge in [-0.3, -0.25) is 0 Å². The molecular formula is C10H15NO4. The van der Waals surface area contributed by atoms with E-state index >= 15 is 0 Å². The minimum Gasteiger partial charge on any atom is -0.506 e. The Balaban J connectivity index is 2.34. The molecule has 15 heavy (non-hydrogen) atoms. The highest BCUT2D eigenvalue weighted by atomic mass is 16.5. The standard InChI is InChI=1S/C10H15NO4/c11-10-8(13)2-1-3-9(10)15-7-6-14-5-4-12/h1-3,12-13H,4-7,11H2. The molecule has 0 fully saturated rings. The predicted octanol–water partition coefficient (Wildman–Crippen LogP) is 0.362. The lowest BCUT2D eigenvalue weighted by Gasteiger charge is -2.09. The van der Waals surface area contributed by atoms with Gasteiger partial charge in [-0.25, -0.2) is 0 Å². The molecule has 4 N–H and O–H groups in total. The molecule has 1 rings (SSSR count). The van der Waals surface area contributed by atoms with Gasteiger partial charge < -0.3 is 25.4 Å². The normalized spacial score (nSPS) is 10.2. The van der Waals surface area contributed by atoms with Crippen molar-refractivity contribution in [2.45, 2.75) is 0 Å². The second-order valence-corrected chi connectivity index (χ2v) is 2.87. The van der Waals surface area contributed by atoms with Gasteiger partial charge in [0.15, 0.2) is 0 Å². The zero-order valence-electron chi connectivity index (χ0n) is 8.35. The summed E-state index contributed by atoms with van der Waals surface area (Å²) < 4.78 is 10.3. The van der Waals surface area contributed by atoms with Crippen molar-refractivity contribution in [3.05, 3.63) is 18.2 Å². The lowest BCUT2D eigenvalue weighted by Crippen LogP contribution is -2.09. The molecule has 0 saturated carbocycles. The maximum Gasteiger partial charge on any atom is 0.146 e. The van der Waals surface area contributed by atoms with Gasteiger partial charge in [-0.05, 0) is 12.1 Å². The van der Waals surface area contributed by atoms with Crippen LogP contribution >= 0.6 is 0 Å². The van der Waals surface area contributed by atoms with E-state index in [4.69, 9.17) is 20.3 Å². The van der Waals surface area contributed by atoms with Crippen molar-refractivity contribution in [3.8, 4) is 11.5 Å². The van der Waals surface area contributed by atoms with Crippen LogP contribution in [0.1, 0.15) is 0 Å². The molecule has 0 bridgehead atoms. The number of phenols is 1. The van der Waals surface area contributed by atoms with Gasteiger partial charge in [0.25, 0.3) is 0 Å². The summed E-state index contributed by atoms with van der Waals surface area (Å²) in [5.41, 5.74) is 5.79. The minimum atomic E-state index is -0.00569. The number of para-hydroxylation sites is 1. The monoisotopic (exact) mass is 213 g/mol. The van der Waals surface area contributed by atoms with Crippen molar-refractivity contribution in [3.63, 3.8) is 0 Å². The zero-order chi connectivity index (χ0) is 11.1. The topological polar surface area (TPSA) is 84.9 Å². The number of phenolic OH excluding ortho intramolecular Hbond substituents is 1. The Labute approximate surface area is 88.0 Å². The second kappa shape index (κ2) is 6.10. The quantitative estimate of drug-likeness (QED) is 0.361. The van der Waals surface area contributed by atoms with Crippen LogP contribution in [0.15, 0.2) is 18.2 Å². The van der Waals surface area contributed by atoms with Gasteiger partial charge in [-0.15, -0.1) is 0 Å². The van der Waals surface area contributed by atoms with E-state index in [1.807, 2.05) is 0 Å². The van der Waals surface area contributed by atoms with Crippen LogP contribution in [-0.2, 0) is 4.74 Å². The zero-order valence-corrected chi connectivity index (χ0v) is 8.35. The van der Waals surface area contributed by atoms with Crippen LogP contribution < -0.4 is 10.5 Å². The Bertz CT molecular complexity index is 303. The molecule has 0 radical (unpaired) electrons. The molecule has 0 amide bonds. The van der Waals surface area contributed by atoms with Crippen molar-refractivity contribution in [1.29, 1.82) is 0 Å². The number of aromatic hydroxyl groups is 1.